The van der Waals surface area contributed by atoms with Gasteiger partial charge in [-0.1, -0.05) is 0 Å². The van der Waals surface area contributed by atoms with Crippen molar-refractivity contribution in [1.82, 2.24) is 5.32 Å². The molecule has 1 aromatic rings. The molecule has 0 aliphatic heterocycles. The molecule has 0 fully saturated rings. The smallest absolute Gasteiger partial charge is 0.408 e. The summed E-state index contributed by atoms with van der Waals surface area (Å²) >= 11 is 2.81. The largest absolute Gasteiger partial charge is 0.444 e. The van der Waals surface area contributed by atoms with Crippen molar-refractivity contribution >= 4 is 22.0 Å². The Balaban J connectivity index is 2.97. The summed E-state index contributed by atoms with van der Waals surface area (Å²) < 4.78 is 32.0. The van der Waals surface area contributed by atoms with E-state index in [1.54, 1.807) is 34.6 Å². The van der Waals surface area contributed by atoms with Gasteiger partial charge in [-0.05, 0) is 68.2 Å². The molecule has 0 heterocycles. The van der Waals surface area contributed by atoms with Crippen molar-refractivity contribution in [3.63, 3.8) is 0 Å². The van der Waals surface area contributed by atoms with E-state index in [9.17, 15) is 13.6 Å². The molecule has 0 saturated carbocycles. The van der Waals surface area contributed by atoms with Crippen LogP contribution < -0.4 is 5.32 Å². The van der Waals surface area contributed by atoms with Crippen molar-refractivity contribution in [2.75, 3.05) is 0 Å². The summed E-state index contributed by atoms with van der Waals surface area (Å²) in [5, 5.41) is 2.59. The first-order valence-electron chi connectivity index (χ1n) is 6.08. The van der Waals surface area contributed by atoms with Crippen LogP contribution in [0, 0.1) is 11.6 Å². The molecule has 112 valence electrons. The lowest BCUT2D eigenvalue weighted by Crippen LogP contribution is -2.43. The second-order valence-corrected chi connectivity index (χ2v) is 6.80. The fourth-order valence-corrected chi connectivity index (χ4v) is 1.78. The molecule has 3 nitrogen and oxygen atoms in total. The van der Waals surface area contributed by atoms with Crippen LogP contribution in [0.4, 0.5) is 13.6 Å². The second kappa shape index (κ2) is 5.68. The van der Waals surface area contributed by atoms with Gasteiger partial charge in [0.05, 0.1) is 10.0 Å². The third kappa shape index (κ3) is 4.44. The third-order valence-electron chi connectivity index (χ3n) is 2.52. The predicted molar refractivity (Wildman–Crippen MR) is 76.5 cm³/mol. The zero-order valence-corrected chi connectivity index (χ0v) is 13.7. The predicted octanol–water partition coefficient (Wildman–Crippen LogP) is 4.49. The number of halogens is 3. The Morgan fingerprint density at radius 2 is 1.60 bits per heavy atom. The lowest BCUT2D eigenvalue weighted by atomic mass is 9.94. The number of rotatable bonds is 2. The van der Waals surface area contributed by atoms with E-state index in [4.69, 9.17) is 4.74 Å². The maximum atomic E-state index is 13.5. The van der Waals surface area contributed by atoms with Crippen molar-refractivity contribution < 1.29 is 18.3 Å². The van der Waals surface area contributed by atoms with Crippen molar-refractivity contribution in [3.8, 4) is 0 Å². The number of carbonyl (C=O) groups is 1. The van der Waals surface area contributed by atoms with Gasteiger partial charge in [-0.15, -0.1) is 0 Å². The van der Waals surface area contributed by atoms with E-state index < -0.39 is 28.9 Å². The Morgan fingerprint density at radius 3 is 2.00 bits per heavy atom. The maximum absolute atomic E-state index is 13.5. The lowest BCUT2D eigenvalue weighted by Gasteiger charge is -2.29. The van der Waals surface area contributed by atoms with Crippen molar-refractivity contribution in [3.05, 3.63) is 33.8 Å². The van der Waals surface area contributed by atoms with Gasteiger partial charge >= 0.3 is 6.09 Å². The van der Waals surface area contributed by atoms with Gasteiger partial charge in [-0.2, -0.15) is 0 Å². The molecular formula is C14H18BrF2NO2. The molecule has 1 rings (SSSR count). The second-order valence-electron chi connectivity index (χ2n) is 6.01. The summed E-state index contributed by atoms with van der Waals surface area (Å²) in [4.78, 5) is 11.8. The van der Waals surface area contributed by atoms with E-state index in [2.05, 4.69) is 21.2 Å². The SMILES string of the molecule is CC(C)(C)OC(=O)NC(C)(C)c1cc(F)c(Br)c(F)c1. The van der Waals surface area contributed by atoms with Crippen LogP contribution in [0.2, 0.25) is 0 Å². The Labute approximate surface area is 125 Å². The Bertz CT molecular complexity index is 501. The van der Waals surface area contributed by atoms with Crippen LogP contribution >= 0.6 is 15.9 Å². The number of benzene rings is 1. The molecule has 0 spiro atoms. The number of amides is 1. The molecule has 1 amide bonds. The molecule has 6 heteroatoms. The van der Waals surface area contributed by atoms with Crippen molar-refractivity contribution in [1.29, 1.82) is 0 Å². The molecule has 0 aliphatic carbocycles. The molecule has 0 bridgehead atoms. The fourth-order valence-electron chi connectivity index (χ4n) is 1.55. The van der Waals surface area contributed by atoms with Gasteiger partial charge in [0.1, 0.15) is 17.2 Å². The number of ether oxygens (including phenoxy) is 1. The highest BCUT2D eigenvalue weighted by Gasteiger charge is 2.27. The van der Waals surface area contributed by atoms with Gasteiger partial charge in [-0.25, -0.2) is 13.6 Å². The molecule has 0 aliphatic rings. The minimum Gasteiger partial charge on any atom is -0.444 e. The van der Waals surface area contributed by atoms with E-state index in [1.165, 1.54) is 12.1 Å². The summed E-state index contributed by atoms with van der Waals surface area (Å²) in [5.41, 5.74) is -1.30. The zero-order valence-electron chi connectivity index (χ0n) is 12.1. The van der Waals surface area contributed by atoms with E-state index in [-0.39, 0.29) is 4.47 Å². The molecule has 1 N–H and O–H groups in total. The average Bonchev–Trinajstić information content (AvgIpc) is 2.21. The van der Waals surface area contributed by atoms with Gasteiger partial charge in [0.2, 0.25) is 0 Å². The summed E-state index contributed by atoms with van der Waals surface area (Å²) in [6.07, 6.45) is -0.647. The first kappa shape index (κ1) is 16.9. The van der Waals surface area contributed by atoms with E-state index in [0.29, 0.717) is 5.56 Å². The van der Waals surface area contributed by atoms with Crippen LogP contribution in [0.25, 0.3) is 0 Å². The number of hydrogen-bond acceptors (Lipinski definition) is 2. The Hall–Kier alpha value is -1.17. The first-order chi connectivity index (χ1) is 8.92. The highest BCUT2D eigenvalue weighted by atomic mass is 79.9. The molecule has 1 aromatic carbocycles. The molecule has 20 heavy (non-hydrogen) atoms. The molecule has 0 saturated heterocycles. The topological polar surface area (TPSA) is 38.3 Å². The summed E-state index contributed by atoms with van der Waals surface area (Å²) in [6, 6.07) is 2.34. The van der Waals surface area contributed by atoms with Crippen molar-refractivity contribution in [2.24, 2.45) is 0 Å². The van der Waals surface area contributed by atoms with Gasteiger partial charge in [0.15, 0.2) is 0 Å². The van der Waals surface area contributed by atoms with Crippen molar-refractivity contribution in [2.45, 2.75) is 45.8 Å². The van der Waals surface area contributed by atoms with E-state index in [0.717, 1.165) is 0 Å². The van der Waals surface area contributed by atoms with Gasteiger partial charge in [0, 0.05) is 0 Å². The highest BCUT2D eigenvalue weighted by Crippen LogP contribution is 2.27. The number of nitrogens with one attached hydrogen (secondary N) is 1. The summed E-state index contributed by atoms with van der Waals surface area (Å²) in [7, 11) is 0. The molecule has 0 aromatic heterocycles. The zero-order chi connectivity index (χ0) is 15.7. The van der Waals surface area contributed by atoms with Crippen LogP contribution in [-0.4, -0.2) is 11.7 Å². The standard InChI is InChI=1S/C14H18BrF2NO2/c1-13(2,3)20-12(19)18-14(4,5)8-6-9(16)11(15)10(17)7-8/h6-7H,1-5H3,(H,18,19). The monoisotopic (exact) mass is 349 g/mol. The van der Waals surface area contributed by atoms with Gasteiger partial charge < -0.3 is 10.1 Å². The minimum atomic E-state index is -0.968. The Morgan fingerprint density at radius 1 is 1.15 bits per heavy atom. The number of hydrogen-bond donors (Lipinski definition) is 1. The van der Waals surface area contributed by atoms with Crippen LogP contribution in [0.15, 0.2) is 16.6 Å². The highest BCUT2D eigenvalue weighted by molar-refractivity contribution is 9.10. The first-order valence-corrected chi connectivity index (χ1v) is 6.88. The summed E-state index contributed by atoms with van der Waals surface area (Å²) in [5.74, 6) is -1.45. The summed E-state index contributed by atoms with van der Waals surface area (Å²) in [6.45, 7) is 8.48. The maximum Gasteiger partial charge on any atom is 0.408 e. The quantitative estimate of drug-likeness (QED) is 0.799. The third-order valence-corrected chi connectivity index (χ3v) is 3.28. The molecule has 0 unspecified atom stereocenters. The van der Waals surface area contributed by atoms with E-state index in [1.807, 2.05) is 0 Å². The molecular weight excluding hydrogens is 332 g/mol. The van der Waals surface area contributed by atoms with Crippen LogP contribution in [0.3, 0.4) is 0 Å². The average molecular weight is 350 g/mol. The van der Waals surface area contributed by atoms with Crippen LogP contribution in [0.5, 0.6) is 0 Å². The lowest BCUT2D eigenvalue weighted by molar-refractivity contribution is 0.0470. The van der Waals surface area contributed by atoms with Gasteiger partial charge in [0.25, 0.3) is 0 Å². The van der Waals surface area contributed by atoms with Crippen LogP contribution in [-0.2, 0) is 10.3 Å². The molecule has 0 radical (unpaired) electrons. The van der Waals surface area contributed by atoms with E-state index >= 15 is 0 Å². The normalized spacial score (nSPS) is 12.2. The number of alkyl carbamates (subject to hydrolysis) is 1. The number of carbonyl (C=O) groups excluding carboxylic acids is 1. The Kier molecular flexibility index (Phi) is 4.79. The minimum absolute atomic E-state index is 0.227. The van der Waals surface area contributed by atoms with Crippen LogP contribution in [0.1, 0.15) is 40.2 Å². The fraction of sp³-hybridized carbons (Fsp3) is 0.500. The molecule has 0 atom stereocenters. The van der Waals surface area contributed by atoms with Gasteiger partial charge in [-0.3, -0.25) is 0 Å².